The second-order valence-corrected chi connectivity index (χ2v) is 6.87. The second kappa shape index (κ2) is 9.05. The van der Waals surface area contributed by atoms with E-state index in [1.807, 2.05) is 4.90 Å². The number of quaternary nitrogens is 1. The number of piperazine rings is 1. The van der Waals surface area contributed by atoms with Gasteiger partial charge in [-0.25, -0.2) is 0 Å². The smallest absolute Gasteiger partial charge is 0.279 e. The summed E-state index contributed by atoms with van der Waals surface area (Å²) in [5.74, 6) is 1.25. The Bertz CT molecular complexity index is 667. The van der Waals surface area contributed by atoms with E-state index in [-0.39, 0.29) is 17.9 Å². The Labute approximate surface area is 159 Å². The molecule has 148 valence electrons. The van der Waals surface area contributed by atoms with Crippen LogP contribution in [-0.2, 0) is 14.3 Å². The Morgan fingerprint density at radius 3 is 2.67 bits per heavy atom. The highest BCUT2D eigenvalue weighted by Crippen LogP contribution is 2.28. The van der Waals surface area contributed by atoms with E-state index >= 15 is 0 Å². The van der Waals surface area contributed by atoms with Crippen molar-refractivity contribution in [1.82, 2.24) is 4.90 Å². The number of hydrogen-bond donors (Lipinski definition) is 2. The van der Waals surface area contributed by atoms with Gasteiger partial charge in [0.05, 0.1) is 46.1 Å². The predicted octanol–water partition coefficient (Wildman–Crippen LogP) is -0.452. The summed E-state index contributed by atoms with van der Waals surface area (Å²) in [6.45, 7) is 3.87. The van der Waals surface area contributed by atoms with Gasteiger partial charge in [-0.1, -0.05) is 0 Å². The molecule has 2 fully saturated rings. The lowest BCUT2D eigenvalue weighted by molar-refractivity contribution is -0.895. The molecule has 0 radical (unpaired) electrons. The van der Waals surface area contributed by atoms with Gasteiger partial charge < -0.3 is 29.3 Å². The van der Waals surface area contributed by atoms with Crippen LogP contribution in [-0.4, -0.2) is 76.4 Å². The number of amides is 2. The maximum absolute atomic E-state index is 12.4. The predicted molar refractivity (Wildman–Crippen MR) is 99.3 cm³/mol. The molecule has 1 atom stereocenters. The van der Waals surface area contributed by atoms with Crippen LogP contribution in [0.4, 0.5) is 5.69 Å². The van der Waals surface area contributed by atoms with E-state index in [0.717, 1.165) is 30.8 Å². The lowest BCUT2D eigenvalue weighted by Gasteiger charge is -2.33. The fraction of sp³-hybridized carbons (Fsp3) is 0.579. The van der Waals surface area contributed by atoms with Crippen molar-refractivity contribution in [3.63, 3.8) is 0 Å². The van der Waals surface area contributed by atoms with Crippen LogP contribution in [0.2, 0.25) is 0 Å². The van der Waals surface area contributed by atoms with E-state index in [2.05, 4.69) is 5.32 Å². The van der Waals surface area contributed by atoms with Crippen LogP contribution < -0.4 is 19.7 Å². The van der Waals surface area contributed by atoms with Crippen LogP contribution in [0, 0.1) is 0 Å². The SMILES string of the molecule is COc1ccc(NC(=O)C[NH+]2CCN(C(=O)[C@@H]3CCCO3)CC2)c(OC)c1. The summed E-state index contributed by atoms with van der Waals surface area (Å²) >= 11 is 0. The van der Waals surface area contributed by atoms with Gasteiger partial charge in [-0.15, -0.1) is 0 Å². The molecule has 2 N–H and O–H groups in total. The first-order valence-corrected chi connectivity index (χ1v) is 9.36. The molecule has 0 aromatic heterocycles. The van der Waals surface area contributed by atoms with E-state index in [9.17, 15) is 9.59 Å². The Morgan fingerprint density at radius 2 is 2.04 bits per heavy atom. The van der Waals surface area contributed by atoms with E-state index in [0.29, 0.717) is 43.4 Å². The highest BCUT2D eigenvalue weighted by molar-refractivity contribution is 5.93. The van der Waals surface area contributed by atoms with E-state index < -0.39 is 0 Å². The van der Waals surface area contributed by atoms with Gasteiger partial charge in [-0.05, 0) is 25.0 Å². The van der Waals surface area contributed by atoms with Crippen molar-refractivity contribution in [2.45, 2.75) is 18.9 Å². The summed E-state index contributed by atoms with van der Waals surface area (Å²) in [7, 11) is 3.14. The van der Waals surface area contributed by atoms with Crippen molar-refractivity contribution in [2.24, 2.45) is 0 Å². The molecule has 2 aliphatic heterocycles. The van der Waals surface area contributed by atoms with E-state index in [1.165, 1.54) is 0 Å². The average Bonchev–Trinajstić information content (AvgIpc) is 3.23. The molecule has 0 saturated carbocycles. The number of benzene rings is 1. The number of hydrogen-bond acceptors (Lipinski definition) is 5. The lowest BCUT2D eigenvalue weighted by atomic mass is 10.2. The molecule has 0 spiro atoms. The third-order valence-corrected chi connectivity index (χ3v) is 5.08. The quantitative estimate of drug-likeness (QED) is 0.701. The third-order valence-electron chi connectivity index (χ3n) is 5.08. The van der Waals surface area contributed by atoms with E-state index in [4.69, 9.17) is 14.2 Å². The summed E-state index contributed by atoms with van der Waals surface area (Å²) in [5, 5.41) is 2.90. The Morgan fingerprint density at radius 1 is 1.26 bits per heavy atom. The van der Waals surface area contributed by atoms with Crippen molar-refractivity contribution in [2.75, 3.05) is 58.9 Å². The lowest BCUT2D eigenvalue weighted by Crippen LogP contribution is -3.15. The number of carbonyl (C=O) groups excluding carboxylic acids is 2. The standard InChI is InChI=1S/C19H27N3O5/c1-25-14-5-6-15(17(12-14)26-2)20-18(23)13-21-7-9-22(10-8-21)19(24)16-4-3-11-27-16/h5-6,12,16H,3-4,7-11,13H2,1-2H3,(H,20,23)/p+1/t16-/m0/s1. The zero-order chi connectivity index (χ0) is 19.2. The highest BCUT2D eigenvalue weighted by atomic mass is 16.5. The third kappa shape index (κ3) is 4.90. The normalized spacial score (nSPS) is 20.4. The molecule has 1 aromatic rings. The first kappa shape index (κ1) is 19.4. The molecule has 2 saturated heterocycles. The van der Waals surface area contributed by atoms with Crippen LogP contribution >= 0.6 is 0 Å². The van der Waals surface area contributed by atoms with Gasteiger partial charge in [0.1, 0.15) is 17.6 Å². The number of ether oxygens (including phenoxy) is 3. The zero-order valence-electron chi connectivity index (χ0n) is 16.0. The van der Waals surface area contributed by atoms with Crippen LogP contribution in [0.3, 0.4) is 0 Å². The molecule has 2 amide bonds. The van der Waals surface area contributed by atoms with Crippen molar-refractivity contribution in [3.05, 3.63) is 18.2 Å². The summed E-state index contributed by atoms with van der Waals surface area (Å²) < 4.78 is 16.0. The average molecular weight is 378 g/mol. The fourth-order valence-corrected chi connectivity index (χ4v) is 3.52. The molecule has 8 heteroatoms. The molecule has 8 nitrogen and oxygen atoms in total. The Hall–Kier alpha value is -2.32. The van der Waals surface area contributed by atoms with Crippen molar-refractivity contribution >= 4 is 17.5 Å². The minimum atomic E-state index is -0.266. The van der Waals surface area contributed by atoms with Crippen LogP contribution in [0.15, 0.2) is 18.2 Å². The van der Waals surface area contributed by atoms with Crippen molar-refractivity contribution in [3.8, 4) is 11.5 Å². The molecular weight excluding hydrogens is 350 g/mol. The molecule has 0 bridgehead atoms. The molecular formula is C19H28N3O5+. The van der Waals surface area contributed by atoms with Gasteiger partial charge in [0, 0.05) is 12.7 Å². The van der Waals surface area contributed by atoms with E-state index in [1.54, 1.807) is 32.4 Å². The minimum Gasteiger partial charge on any atom is -0.497 e. The Balaban J connectivity index is 1.47. The molecule has 1 aromatic carbocycles. The number of nitrogens with one attached hydrogen (secondary N) is 2. The summed E-state index contributed by atoms with van der Waals surface area (Å²) in [4.78, 5) is 27.8. The summed E-state index contributed by atoms with van der Waals surface area (Å²) in [6.07, 6.45) is 1.51. The van der Waals surface area contributed by atoms with Gasteiger partial charge in [-0.3, -0.25) is 9.59 Å². The van der Waals surface area contributed by atoms with Crippen LogP contribution in [0.1, 0.15) is 12.8 Å². The zero-order valence-corrected chi connectivity index (χ0v) is 16.0. The van der Waals surface area contributed by atoms with Gasteiger partial charge in [0.15, 0.2) is 6.54 Å². The van der Waals surface area contributed by atoms with Crippen LogP contribution in [0.5, 0.6) is 11.5 Å². The first-order chi connectivity index (χ1) is 13.1. The van der Waals surface area contributed by atoms with Gasteiger partial charge in [0.2, 0.25) is 0 Å². The molecule has 0 unspecified atom stereocenters. The minimum absolute atomic E-state index is 0.0765. The number of nitrogens with zero attached hydrogens (tertiary/aromatic N) is 1. The summed E-state index contributed by atoms with van der Waals surface area (Å²) in [5.41, 5.74) is 0.620. The van der Waals surface area contributed by atoms with Crippen LogP contribution in [0.25, 0.3) is 0 Å². The molecule has 0 aliphatic carbocycles. The van der Waals surface area contributed by atoms with Crippen molar-refractivity contribution in [1.29, 1.82) is 0 Å². The van der Waals surface area contributed by atoms with Crippen molar-refractivity contribution < 1.29 is 28.7 Å². The molecule has 27 heavy (non-hydrogen) atoms. The highest BCUT2D eigenvalue weighted by Gasteiger charge is 2.32. The van der Waals surface area contributed by atoms with Gasteiger partial charge >= 0.3 is 0 Å². The molecule has 2 heterocycles. The number of rotatable bonds is 6. The maximum Gasteiger partial charge on any atom is 0.279 e. The van der Waals surface area contributed by atoms with Gasteiger partial charge in [-0.2, -0.15) is 0 Å². The number of carbonyl (C=O) groups is 2. The van der Waals surface area contributed by atoms with Gasteiger partial charge in [0.25, 0.3) is 11.8 Å². The largest absolute Gasteiger partial charge is 0.497 e. The molecule has 3 rings (SSSR count). The maximum atomic E-state index is 12.4. The summed E-state index contributed by atoms with van der Waals surface area (Å²) in [6, 6.07) is 5.28. The fourth-order valence-electron chi connectivity index (χ4n) is 3.52. The molecule has 2 aliphatic rings. The number of anilines is 1. The topological polar surface area (TPSA) is 81.5 Å². The monoisotopic (exact) mass is 378 g/mol. The Kier molecular flexibility index (Phi) is 6.52. The first-order valence-electron chi connectivity index (χ1n) is 9.36. The number of methoxy groups -OCH3 is 2. The second-order valence-electron chi connectivity index (χ2n) is 6.87.